The summed E-state index contributed by atoms with van der Waals surface area (Å²) in [6.07, 6.45) is 0.929. The Labute approximate surface area is 160 Å². The van der Waals surface area contributed by atoms with Crippen LogP contribution in [0.1, 0.15) is 16.7 Å². The molecule has 0 N–H and O–H groups in total. The Morgan fingerprint density at radius 3 is 1.74 bits per heavy atom. The van der Waals surface area contributed by atoms with Crippen LogP contribution < -0.4 is 9.47 Å². The molecule has 0 amide bonds. The molecule has 4 rings (SSSR count). The van der Waals surface area contributed by atoms with Gasteiger partial charge in [-0.3, -0.25) is 0 Å². The van der Waals surface area contributed by atoms with E-state index < -0.39 is 0 Å². The molecule has 2 heteroatoms. The third-order valence-electron chi connectivity index (χ3n) is 4.71. The van der Waals surface area contributed by atoms with E-state index in [4.69, 9.17) is 9.47 Å². The highest BCUT2D eigenvalue weighted by molar-refractivity contribution is 5.85. The van der Waals surface area contributed by atoms with Crippen molar-refractivity contribution in [2.75, 3.05) is 7.11 Å². The normalized spacial score (nSPS) is 10.7. The van der Waals surface area contributed by atoms with Gasteiger partial charge in [0, 0.05) is 0 Å². The Morgan fingerprint density at radius 2 is 1.11 bits per heavy atom. The molecule has 0 fully saturated rings. The van der Waals surface area contributed by atoms with E-state index in [0.29, 0.717) is 0 Å². The van der Waals surface area contributed by atoms with E-state index in [9.17, 15) is 0 Å². The van der Waals surface area contributed by atoms with E-state index in [-0.39, 0.29) is 0 Å². The zero-order chi connectivity index (χ0) is 18.6. The molecule has 0 saturated carbocycles. The van der Waals surface area contributed by atoms with Crippen molar-refractivity contribution in [1.82, 2.24) is 0 Å². The highest BCUT2D eigenvalue weighted by Crippen LogP contribution is 2.28. The van der Waals surface area contributed by atoms with Gasteiger partial charge in [-0.05, 0) is 71.6 Å². The second kappa shape index (κ2) is 7.55. The molecule has 0 atom stereocenters. The Balaban J connectivity index is 1.47. The molecule has 0 bridgehead atoms. The first kappa shape index (κ1) is 17.2. The van der Waals surface area contributed by atoms with Crippen molar-refractivity contribution in [3.63, 3.8) is 0 Å². The predicted octanol–water partition coefficient (Wildman–Crippen LogP) is 6.54. The molecule has 0 aromatic heterocycles. The van der Waals surface area contributed by atoms with Crippen LogP contribution in [-0.2, 0) is 6.42 Å². The summed E-state index contributed by atoms with van der Waals surface area (Å²) in [6.45, 7) is 2.11. The van der Waals surface area contributed by atoms with Crippen LogP contribution in [0.2, 0.25) is 0 Å². The number of ether oxygens (including phenoxy) is 2. The zero-order valence-electron chi connectivity index (χ0n) is 15.6. The minimum atomic E-state index is 0.832. The molecule has 0 saturated heterocycles. The SMILES string of the molecule is COc1ccc2cc(Oc3ccc(Cc4ccc(C)cc4)cc3)ccc2c1. The molecule has 0 radical (unpaired) electrons. The van der Waals surface area contributed by atoms with Crippen LogP contribution >= 0.6 is 0 Å². The first-order chi connectivity index (χ1) is 13.2. The number of fused-ring (bicyclic) bond motifs is 1. The third-order valence-corrected chi connectivity index (χ3v) is 4.71. The van der Waals surface area contributed by atoms with Crippen LogP contribution in [0.25, 0.3) is 10.8 Å². The summed E-state index contributed by atoms with van der Waals surface area (Å²) < 4.78 is 11.3. The Kier molecular flexibility index (Phi) is 4.80. The molecule has 0 aliphatic carbocycles. The Hall–Kier alpha value is -3.26. The van der Waals surface area contributed by atoms with Gasteiger partial charge in [-0.15, -0.1) is 0 Å². The second-order valence-electron chi connectivity index (χ2n) is 6.78. The highest BCUT2D eigenvalue weighted by Gasteiger charge is 2.02. The molecule has 4 aromatic carbocycles. The van der Waals surface area contributed by atoms with Crippen molar-refractivity contribution in [3.8, 4) is 17.2 Å². The molecular weight excluding hydrogens is 332 g/mol. The molecule has 0 unspecified atom stereocenters. The lowest BCUT2D eigenvalue weighted by molar-refractivity contribution is 0.415. The van der Waals surface area contributed by atoms with E-state index in [1.54, 1.807) is 7.11 Å². The summed E-state index contributed by atoms with van der Waals surface area (Å²) in [5, 5.41) is 2.26. The summed E-state index contributed by atoms with van der Waals surface area (Å²) in [5.41, 5.74) is 3.88. The van der Waals surface area contributed by atoms with E-state index in [0.717, 1.165) is 34.4 Å². The van der Waals surface area contributed by atoms with Crippen molar-refractivity contribution in [1.29, 1.82) is 0 Å². The van der Waals surface area contributed by atoms with Gasteiger partial charge in [0.15, 0.2) is 0 Å². The van der Waals surface area contributed by atoms with Gasteiger partial charge in [-0.1, -0.05) is 54.1 Å². The number of aryl methyl sites for hydroxylation is 1. The lowest BCUT2D eigenvalue weighted by atomic mass is 10.0. The van der Waals surface area contributed by atoms with Crippen LogP contribution in [0.15, 0.2) is 84.9 Å². The molecule has 0 aliphatic heterocycles. The number of benzene rings is 4. The number of methoxy groups -OCH3 is 1. The van der Waals surface area contributed by atoms with Crippen LogP contribution in [0.5, 0.6) is 17.2 Å². The van der Waals surface area contributed by atoms with Gasteiger partial charge in [0.05, 0.1) is 7.11 Å². The molecule has 0 heterocycles. The Bertz CT molecular complexity index is 1050. The minimum Gasteiger partial charge on any atom is -0.497 e. The van der Waals surface area contributed by atoms with Gasteiger partial charge >= 0.3 is 0 Å². The minimum absolute atomic E-state index is 0.832. The van der Waals surface area contributed by atoms with Crippen LogP contribution in [-0.4, -0.2) is 7.11 Å². The first-order valence-corrected chi connectivity index (χ1v) is 9.10. The largest absolute Gasteiger partial charge is 0.497 e. The summed E-state index contributed by atoms with van der Waals surface area (Å²) >= 11 is 0. The van der Waals surface area contributed by atoms with E-state index in [1.165, 1.54) is 16.7 Å². The van der Waals surface area contributed by atoms with Gasteiger partial charge in [0.25, 0.3) is 0 Å². The van der Waals surface area contributed by atoms with Crippen molar-refractivity contribution in [2.24, 2.45) is 0 Å². The summed E-state index contributed by atoms with van der Waals surface area (Å²) in [5.74, 6) is 2.54. The van der Waals surface area contributed by atoms with Crippen molar-refractivity contribution >= 4 is 10.8 Å². The standard InChI is InChI=1S/C25H22O2/c1-18-3-5-19(6-4-18)15-20-7-11-23(12-8-20)27-25-14-10-21-16-24(26-2)13-9-22(21)17-25/h3-14,16-17H,15H2,1-2H3. The summed E-state index contributed by atoms with van der Waals surface area (Å²) in [4.78, 5) is 0. The molecular formula is C25H22O2. The molecule has 4 aromatic rings. The summed E-state index contributed by atoms with van der Waals surface area (Å²) in [7, 11) is 1.68. The second-order valence-corrected chi connectivity index (χ2v) is 6.78. The van der Waals surface area contributed by atoms with Crippen LogP contribution in [0.4, 0.5) is 0 Å². The Morgan fingerprint density at radius 1 is 0.593 bits per heavy atom. The maximum atomic E-state index is 6.03. The molecule has 27 heavy (non-hydrogen) atoms. The highest BCUT2D eigenvalue weighted by atomic mass is 16.5. The monoisotopic (exact) mass is 354 g/mol. The van der Waals surface area contributed by atoms with E-state index in [2.05, 4.69) is 55.5 Å². The summed E-state index contributed by atoms with van der Waals surface area (Å²) in [6, 6.07) is 29.1. The average Bonchev–Trinajstić information content (AvgIpc) is 2.71. The number of hydrogen-bond acceptors (Lipinski definition) is 2. The fraction of sp³-hybridized carbons (Fsp3) is 0.120. The van der Waals surface area contributed by atoms with Gasteiger partial charge in [-0.25, -0.2) is 0 Å². The van der Waals surface area contributed by atoms with Gasteiger partial charge < -0.3 is 9.47 Å². The van der Waals surface area contributed by atoms with Crippen molar-refractivity contribution in [2.45, 2.75) is 13.3 Å². The molecule has 0 spiro atoms. The average molecular weight is 354 g/mol. The van der Waals surface area contributed by atoms with Gasteiger partial charge in [-0.2, -0.15) is 0 Å². The molecule has 0 aliphatic rings. The van der Waals surface area contributed by atoms with Crippen molar-refractivity contribution in [3.05, 3.63) is 102 Å². The zero-order valence-corrected chi connectivity index (χ0v) is 15.6. The van der Waals surface area contributed by atoms with Crippen LogP contribution in [0, 0.1) is 6.92 Å². The maximum Gasteiger partial charge on any atom is 0.128 e. The van der Waals surface area contributed by atoms with Crippen molar-refractivity contribution < 1.29 is 9.47 Å². The third kappa shape index (κ3) is 4.12. The maximum absolute atomic E-state index is 6.03. The fourth-order valence-electron chi connectivity index (χ4n) is 3.15. The van der Waals surface area contributed by atoms with E-state index in [1.807, 2.05) is 36.4 Å². The molecule has 134 valence electrons. The number of hydrogen-bond donors (Lipinski definition) is 0. The fourth-order valence-corrected chi connectivity index (χ4v) is 3.15. The lowest BCUT2D eigenvalue weighted by Crippen LogP contribution is -1.89. The lowest BCUT2D eigenvalue weighted by Gasteiger charge is -2.09. The smallest absolute Gasteiger partial charge is 0.128 e. The number of rotatable bonds is 5. The molecule has 2 nitrogen and oxygen atoms in total. The van der Waals surface area contributed by atoms with Crippen LogP contribution in [0.3, 0.4) is 0 Å². The first-order valence-electron chi connectivity index (χ1n) is 9.10. The van der Waals surface area contributed by atoms with Gasteiger partial charge in [0.2, 0.25) is 0 Å². The quantitative estimate of drug-likeness (QED) is 0.405. The van der Waals surface area contributed by atoms with E-state index >= 15 is 0 Å². The predicted molar refractivity (Wildman–Crippen MR) is 111 cm³/mol. The van der Waals surface area contributed by atoms with Gasteiger partial charge in [0.1, 0.15) is 17.2 Å². The topological polar surface area (TPSA) is 18.5 Å².